The van der Waals surface area contributed by atoms with Gasteiger partial charge in [0.25, 0.3) is 0 Å². The molecule has 0 atom stereocenters. The SMILES string of the molecule is c1ccc(-n2c3ccccc3c3cc(-c4cccc5c6cc7ccccc7c7c8cc9c(cc8n(c45)c67)c4cccc5c6ccccc6n9c54)ccc32)cc1. The molecule has 3 heteroatoms. The van der Waals surface area contributed by atoms with Crippen LogP contribution < -0.4 is 0 Å². The molecule has 0 saturated heterocycles. The van der Waals surface area contributed by atoms with Crippen molar-refractivity contribution in [3.63, 3.8) is 0 Å². The van der Waals surface area contributed by atoms with Gasteiger partial charge in [-0.15, -0.1) is 0 Å². The van der Waals surface area contributed by atoms with Gasteiger partial charge in [0.2, 0.25) is 0 Å². The van der Waals surface area contributed by atoms with E-state index in [0.29, 0.717) is 0 Å². The van der Waals surface area contributed by atoms with Crippen LogP contribution in [0.2, 0.25) is 0 Å². The number of rotatable bonds is 2. The van der Waals surface area contributed by atoms with Gasteiger partial charge in [-0.2, -0.15) is 0 Å². The first-order valence-electron chi connectivity index (χ1n) is 19.1. The summed E-state index contributed by atoms with van der Waals surface area (Å²) in [5, 5.41) is 15.5. The Balaban J connectivity index is 1.15. The first-order valence-corrected chi connectivity index (χ1v) is 19.1. The van der Waals surface area contributed by atoms with Crippen molar-refractivity contribution in [3.05, 3.63) is 176 Å². The molecule has 0 radical (unpaired) electrons. The molecular weight excluding hydrogens is 667 g/mol. The Bertz CT molecular complexity index is 3930. The van der Waals surface area contributed by atoms with E-state index in [1.165, 1.54) is 126 Å². The first kappa shape index (κ1) is 28.2. The van der Waals surface area contributed by atoms with Crippen LogP contribution in [0, 0.1) is 0 Å². The fourth-order valence-corrected chi connectivity index (χ4v) is 10.5. The summed E-state index contributed by atoms with van der Waals surface area (Å²) in [7, 11) is 0. The van der Waals surface area contributed by atoms with Crippen LogP contribution in [-0.4, -0.2) is 13.4 Å². The van der Waals surface area contributed by atoms with Gasteiger partial charge in [0.1, 0.15) is 0 Å². The Kier molecular flexibility index (Phi) is 5.01. The summed E-state index contributed by atoms with van der Waals surface area (Å²) >= 11 is 0. The van der Waals surface area contributed by atoms with E-state index in [1.54, 1.807) is 0 Å². The second kappa shape index (κ2) is 9.79. The van der Waals surface area contributed by atoms with Crippen molar-refractivity contribution < 1.29 is 0 Å². The normalized spacial score (nSPS) is 12.7. The van der Waals surface area contributed by atoms with Crippen LogP contribution in [0.1, 0.15) is 0 Å². The Morgan fingerprint density at radius 3 is 1.75 bits per heavy atom. The van der Waals surface area contributed by atoms with Crippen LogP contribution in [0.5, 0.6) is 0 Å². The molecule has 252 valence electrons. The second-order valence-electron chi connectivity index (χ2n) is 15.3. The monoisotopic (exact) mass is 695 g/mol. The highest BCUT2D eigenvalue weighted by molar-refractivity contribution is 6.34. The van der Waals surface area contributed by atoms with Gasteiger partial charge in [-0.05, 0) is 70.9 Å². The van der Waals surface area contributed by atoms with Crippen molar-refractivity contribution >= 4 is 109 Å². The van der Waals surface area contributed by atoms with Crippen LogP contribution in [-0.2, 0) is 0 Å². The highest BCUT2D eigenvalue weighted by atomic mass is 15.0. The molecule has 14 rings (SSSR count). The molecule has 0 aliphatic carbocycles. The van der Waals surface area contributed by atoms with Gasteiger partial charge in [-0.1, -0.05) is 121 Å². The zero-order chi connectivity index (χ0) is 35.5. The zero-order valence-corrected chi connectivity index (χ0v) is 29.6. The lowest BCUT2D eigenvalue weighted by molar-refractivity contribution is 1.18. The third-order valence-corrected chi connectivity index (χ3v) is 12.6. The summed E-state index contributed by atoms with van der Waals surface area (Å²) < 4.78 is 7.51. The zero-order valence-electron chi connectivity index (χ0n) is 29.6. The van der Waals surface area contributed by atoms with Gasteiger partial charge in [-0.25, -0.2) is 0 Å². The number of nitrogens with zero attached hydrogens (tertiary/aromatic N) is 3. The van der Waals surface area contributed by atoms with E-state index in [2.05, 4.69) is 189 Å². The highest BCUT2D eigenvalue weighted by Crippen LogP contribution is 2.48. The third kappa shape index (κ3) is 3.35. The fourth-order valence-electron chi connectivity index (χ4n) is 10.5. The Hall–Kier alpha value is -7.36. The first-order chi connectivity index (χ1) is 27.3. The summed E-state index contributed by atoms with van der Waals surface area (Å²) in [4.78, 5) is 0. The molecule has 0 aliphatic rings. The number of fused-ring (bicyclic) bond motifs is 17. The molecule has 0 N–H and O–H groups in total. The standard InChI is InChI=1S/C52H29N3/c1-2-13-32(14-3-1)53-44-22-8-7-17-36(44)40-26-31(24-25-46(40)53)34-18-10-21-39-42-27-30-12-4-5-15-33(30)49-43-29-47-41(28-48(43)55(50(34)39)52(42)49)38-20-11-19-37-35-16-6-9-23-45(35)54(47)51(37)38/h1-29H. The van der Waals surface area contributed by atoms with Gasteiger partial charge in [-0.3, -0.25) is 0 Å². The predicted octanol–water partition coefficient (Wildman–Crippen LogP) is 13.9. The number of para-hydroxylation sites is 5. The largest absolute Gasteiger partial charge is 0.309 e. The maximum atomic E-state index is 2.60. The molecule has 0 unspecified atom stereocenters. The predicted molar refractivity (Wildman–Crippen MR) is 233 cm³/mol. The molecule has 0 saturated carbocycles. The molecule has 0 fully saturated rings. The van der Waals surface area contributed by atoms with E-state index < -0.39 is 0 Å². The van der Waals surface area contributed by atoms with Crippen molar-refractivity contribution in [2.75, 3.05) is 0 Å². The molecule has 0 spiro atoms. The lowest BCUT2D eigenvalue weighted by Gasteiger charge is -2.09. The maximum absolute atomic E-state index is 2.60. The molecule has 5 aromatic heterocycles. The van der Waals surface area contributed by atoms with E-state index in [9.17, 15) is 0 Å². The molecule has 9 aromatic carbocycles. The van der Waals surface area contributed by atoms with Crippen LogP contribution in [0.25, 0.3) is 126 Å². The van der Waals surface area contributed by atoms with Crippen LogP contribution in [0.4, 0.5) is 0 Å². The number of hydrogen-bond donors (Lipinski definition) is 0. The number of aromatic nitrogens is 3. The van der Waals surface area contributed by atoms with E-state index in [4.69, 9.17) is 0 Å². The van der Waals surface area contributed by atoms with Crippen molar-refractivity contribution in [2.45, 2.75) is 0 Å². The van der Waals surface area contributed by atoms with E-state index in [-0.39, 0.29) is 0 Å². The molecule has 5 heterocycles. The Labute approximate surface area is 313 Å². The van der Waals surface area contributed by atoms with Gasteiger partial charge in [0.05, 0.1) is 44.1 Å². The lowest BCUT2D eigenvalue weighted by atomic mass is 9.97. The summed E-state index contributed by atoms with van der Waals surface area (Å²) in [6, 6.07) is 65.5. The molecule has 0 aliphatic heterocycles. The van der Waals surface area contributed by atoms with E-state index >= 15 is 0 Å². The third-order valence-electron chi connectivity index (χ3n) is 12.6. The van der Waals surface area contributed by atoms with Gasteiger partial charge in [0, 0.05) is 65.1 Å². The lowest BCUT2D eigenvalue weighted by Crippen LogP contribution is -1.93. The van der Waals surface area contributed by atoms with E-state index in [1.807, 2.05) is 0 Å². The Morgan fingerprint density at radius 1 is 0.291 bits per heavy atom. The number of benzene rings is 9. The molecule has 55 heavy (non-hydrogen) atoms. The van der Waals surface area contributed by atoms with Crippen LogP contribution >= 0.6 is 0 Å². The maximum Gasteiger partial charge on any atom is 0.0627 e. The van der Waals surface area contributed by atoms with Crippen LogP contribution in [0.3, 0.4) is 0 Å². The average molecular weight is 696 g/mol. The Morgan fingerprint density at radius 2 is 0.891 bits per heavy atom. The van der Waals surface area contributed by atoms with Crippen molar-refractivity contribution in [1.29, 1.82) is 0 Å². The van der Waals surface area contributed by atoms with Gasteiger partial charge >= 0.3 is 0 Å². The quantitative estimate of drug-likeness (QED) is 0.171. The molecule has 0 amide bonds. The van der Waals surface area contributed by atoms with Crippen LogP contribution in [0.15, 0.2) is 176 Å². The summed E-state index contributed by atoms with van der Waals surface area (Å²) in [5.74, 6) is 0. The summed E-state index contributed by atoms with van der Waals surface area (Å²) in [6.07, 6.45) is 0. The minimum Gasteiger partial charge on any atom is -0.309 e. The summed E-state index contributed by atoms with van der Waals surface area (Å²) in [6.45, 7) is 0. The molecule has 0 bridgehead atoms. The van der Waals surface area contributed by atoms with Crippen molar-refractivity contribution in [3.8, 4) is 16.8 Å². The van der Waals surface area contributed by atoms with Crippen molar-refractivity contribution in [1.82, 2.24) is 13.4 Å². The second-order valence-corrected chi connectivity index (χ2v) is 15.3. The minimum atomic E-state index is 1.17. The highest BCUT2D eigenvalue weighted by Gasteiger charge is 2.25. The minimum absolute atomic E-state index is 1.17. The average Bonchev–Trinajstić information content (AvgIpc) is 4.03. The topological polar surface area (TPSA) is 13.8 Å². The fraction of sp³-hybridized carbons (Fsp3) is 0. The molecular formula is C52H29N3. The van der Waals surface area contributed by atoms with E-state index in [0.717, 1.165) is 0 Å². The van der Waals surface area contributed by atoms with Gasteiger partial charge < -0.3 is 13.4 Å². The molecule has 14 aromatic rings. The number of hydrogen-bond acceptors (Lipinski definition) is 0. The van der Waals surface area contributed by atoms with Gasteiger partial charge in [0.15, 0.2) is 0 Å². The smallest absolute Gasteiger partial charge is 0.0627 e. The summed E-state index contributed by atoms with van der Waals surface area (Å²) in [5.41, 5.74) is 13.7. The van der Waals surface area contributed by atoms with Crippen molar-refractivity contribution in [2.24, 2.45) is 0 Å². The molecule has 3 nitrogen and oxygen atoms in total.